The third kappa shape index (κ3) is 6.39. The molecule has 4 aromatic rings. The maximum Gasteiger partial charge on any atom is 0.435 e. The minimum atomic E-state index is -4.76. The predicted molar refractivity (Wildman–Crippen MR) is 151 cm³/mol. The lowest BCUT2D eigenvalue weighted by Gasteiger charge is -2.29. The van der Waals surface area contributed by atoms with Crippen LogP contribution in [0.2, 0.25) is 0 Å². The Morgan fingerprint density at radius 2 is 1.74 bits per heavy atom. The SMILES string of the molecule is CN(C1CC1)C(c1ccc(S(N)(=O)=O)cc1)c1cccc(NC(=O)c2cc(C(F)(F)F)nn2-c2cccc(CN)c2)c1. The standard InChI is InChI=1S/C29H29F3N6O3S/c1-37(22-10-11-22)27(19-8-12-24(13-9-19)42(34,40)41)20-5-3-6-21(15-20)35-28(39)25-16-26(29(30,31)32)36-38(25)23-7-2-4-18(14-23)17-33/h2-9,12-16,22,27H,10-11,17,33H2,1H3,(H,35,39)(H2,34,40,41). The fourth-order valence-electron chi connectivity index (χ4n) is 4.87. The van der Waals surface area contributed by atoms with Gasteiger partial charge in [-0.3, -0.25) is 9.69 Å². The molecule has 220 valence electrons. The third-order valence-corrected chi connectivity index (χ3v) is 8.07. The van der Waals surface area contributed by atoms with Crippen molar-refractivity contribution < 1.29 is 26.4 Å². The highest BCUT2D eigenvalue weighted by atomic mass is 32.2. The molecule has 42 heavy (non-hydrogen) atoms. The van der Waals surface area contributed by atoms with E-state index in [4.69, 9.17) is 10.9 Å². The van der Waals surface area contributed by atoms with Gasteiger partial charge in [-0.2, -0.15) is 18.3 Å². The zero-order chi connectivity index (χ0) is 30.2. The van der Waals surface area contributed by atoms with Crippen molar-refractivity contribution in [2.45, 2.75) is 42.5 Å². The number of aromatic nitrogens is 2. The second kappa shape index (κ2) is 11.3. The summed E-state index contributed by atoms with van der Waals surface area (Å²) in [5.74, 6) is -0.780. The molecule has 1 saturated carbocycles. The predicted octanol–water partition coefficient (Wildman–Crippen LogP) is 4.43. The van der Waals surface area contributed by atoms with E-state index in [1.54, 1.807) is 54.6 Å². The van der Waals surface area contributed by atoms with E-state index in [0.29, 0.717) is 23.4 Å². The number of sulfonamides is 1. The van der Waals surface area contributed by atoms with Crippen LogP contribution in [0.4, 0.5) is 18.9 Å². The Morgan fingerprint density at radius 3 is 2.36 bits per heavy atom. The van der Waals surface area contributed by atoms with Crippen LogP contribution in [0.25, 0.3) is 5.69 Å². The number of hydrogen-bond donors (Lipinski definition) is 3. The second-order valence-corrected chi connectivity index (χ2v) is 11.8. The van der Waals surface area contributed by atoms with Crippen molar-refractivity contribution in [1.82, 2.24) is 14.7 Å². The summed E-state index contributed by atoms with van der Waals surface area (Å²) in [6, 6.07) is 20.5. The summed E-state index contributed by atoms with van der Waals surface area (Å²) in [5.41, 5.74) is 7.10. The largest absolute Gasteiger partial charge is 0.435 e. The second-order valence-electron chi connectivity index (χ2n) is 10.2. The molecule has 1 heterocycles. The van der Waals surface area contributed by atoms with Crippen molar-refractivity contribution in [2.24, 2.45) is 10.9 Å². The molecular formula is C29H29F3N6O3S. The number of alkyl halides is 3. The molecule has 1 aromatic heterocycles. The van der Waals surface area contributed by atoms with Gasteiger partial charge in [0.25, 0.3) is 5.91 Å². The topological polar surface area (TPSA) is 136 Å². The maximum atomic E-state index is 13.6. The summed E-state index contributed by atoms with van der Waals surface area (Å²) in [6.07, 6.45) is -2.74. The van der Waals surface area contributed by atoms with Crippen molar-refractivity contribution in [1.29, 1.82) is 0 Å². The molecule has 1 aliphatic rings. The number of carbonyl (C=O) groups excluding carboxylic acids is 1. The van der Waals surface area contributed by atoms with Crippen LogP contribution in [0.3, 0.4) is 0 Å². The van der Waals surface area contributed by atoms with Crippen LogP contribution < -0.4 is 16.2 Å². The van der Waals surface area contributed by atoms with Crippen LogP contribution in [0.5, 0.6) is 0 Å². The summed E-state index contributed by atoms with van der Waals surface area (Å²) in [4.78, 5) is 15.6. The number of nitrogens with zero attached hydrogens (tertiary/aromatic N) is 3. The van der Waals surface area contributed by atoms with Gasteiger partial charge >= 0.3 is 6.18 Å². The molecule has 5 rings (SSSR count). The Labute approximate surface area is 241 Å². The molecule has 5 N–H and O–H groups in total. The van der Waals surface area contributed by atoms with Crippen molar-refractivity contribution in [2.75, 3.05) is 12.4 Å². The molecule has 0 aliphatic heterocycles. The van der Waals surface area contributed by atoms with Gasteiger partial charge in [0.15, 0.2) is 5.69 Å². The van der Waals surface area contributed by atoms with Crippen molar-refractivity contribution in [3.8, 4) is 5.69 Å². The minimum Gasteiger partial charge on any atom is -0.326 e. The number of nitrogens with two attached hydrogens (primary N) is 2. The summed E-state index contributed by atoms with van der Waals surface area (Å²) in [6.45, 7) is 0.163. The van der Waals surface area contributed by atoms with Gasteiger partial charge in [-0.25, -0.2) is 18.2 Å². The Bertz CT molecular complexity index is 1720. The number of nitrogens with one attached hydrogen (secondary N) is 1. The van der Waals surface area contributed by atoms with Crippen LogP contribution in [-0.2, 0) is 22.7 Å². The lowest BCUT2D eigenvalue weighted by Crippen LogP contribution is -2.28. The average molecular weight is 599 g/mol. The zero-order valence-corrected chi connectivity index (χ0v) is 23.4. The lowest BCUT2D eigenvalue weighted by atomic mass is 9.96. The van der Waals surface area contributed by atoms with Crippen LogP contribution in [0.1, 0.15) is 51.8 Å². The molecule has 1 amide bonds. The Balaban J connectivity index is 1.48. The van der Waals surface area contributed by atoms with E-state index < -0.39 is 27.8 Å². The van der Waals surface area contributed by atoms with Gasteiger partial charge in [0.05, 0.1) is 16.6 Å². The molecule has 1 atom stereocenters. The molecule has 1 aliphatic carbocycles. The van der Waals surface area contributed by atoms with Gasteiger partial charge in [0, 0.05) is 24.3 Å². The normalized spacial score (nSPS) is 14.6. The van der Waals surface area contributed by atoms with Gasteiger partial charge in [0.1, 0.15) is 5.69 Å². The van der Waals surface area contributed by atoms with E-state index in [1.165, 1.54) is 12.1 Å². The van der Waals surface area contributed by atoms with Gasteiger partial charge in [-0.15, -0.1) is 0 Å². The molecular weight excluding hydrogens is 569 g/mol. The molecule has 0 radical (unpaired) electrons. The summed E-state index contributed by atoms with van der Waals surface area (Å²) in [7, 11) is -1.89. The lowest BCUT2D eigenvalue weighted by molar-refractivity contribution is -0.141. The van der Waals surface area contributed by atoms with Gasteiger partial charge in [0.2, 0.25) is 10.0 Å². The number of halogens is 3. The minimum absolute atomic E-state index is 0.00748. The highest BCUT2D eigenvalue weighted by molar-refractivity contribution is 7.89. The summed E-state index contributed by atoms with van der Waals surface area (Å²) >= 11 is 0. The van der Waals surface area contributed by atoms with Gasteiger partial charge < -0.3 is 11.1 Å². The van der Waals surface area contributed by atoms with E-state index in [-0.39, 0.29) is 28.9 Å². The Hall–Kier alpha value is -4.04. The molecule has 9 nitrogen and oxygen atoms in total. The molecule has 13 heteroatoms. The highest BCUT2D eigenvalue weighted by Gasteiger charge is 2.36. The molecule has 1 fully saturated rings. The van der Waals surface area contributed by atoms with Gasteiger partial charge in [-0.05, 0) is 73.0 Å². The molecule has 0 saturated heterocycles. The molecule has 1 unspecified atom stereocenters. The Kier molecular flexibility index (Phi) is 7.94. The van der Waals surface area contributed by atoms with Gasteiger partial charge in [-0.1, -0.05) is 36.4 Å². The first-order chi connectivity index (χ1) is 19.8. The van der Waals surface area contributed by atoms with Crippen LogP contribution in [-0.4, -0.2) is 42.1 Å². The first-order valence-corrected chi connectivity index (χ1v) is 14.6. The van der Waals surface area contributed by atoms with Crippen LogP contribution in [0, 0.1) is 0 Å². The first kappa shape index (κ1) is 29.5. The number of primary sulfonamides is 1. The van der Waals surface area contributed by atoms with E-state index in [0.717, 1.165) is 28.7 Å². The monoisotopic (exact) mass is 598 g/mol. The van der Waals surface area contributed by atoms with Crippen molar-refractivity contribution >= 4 is 21.6 Å². The third-order valence-electron chi connectivity index (χ3n) is 7.14. The van der Waals surface area contributed by atoms with Crippen LogP contribution in [0.15, 0.2) is 83.8 Å². The first-order valence-electron chi connectivity index (χ1n) is 13.1. The number of amides is 1. The number of benzene rings is 3. The Morgan fingerprint density at radius 1 is 1.05 bits per heavy atom. The van der Waals surface area contributed by atoms with Crippen molar-refractivity contribution in [3.63, 3.8) is 0 Å². The highest BCUT2D eigenvalue weighted by Crippen LogP contribution is 2.38. The van der Waals surface area contributed by atoms with Crippen LogP contribution >= 0.6 is 0 Å². The molecule has 0 spiro atoms. The number of anilines is 1. The number of carbonyl (C=O) groups is 1. The van der Waals surface area contributed by atoms with E-state index in [2.05, 4.69) is 15.3 Å². The van der Waals surface area contributed by atoms with E-state index in [1.807, 2.05) is 13.1 Å². The number of hydrogen-bond acceptors (Lipinski definition) is 6. The smallest absolute Gasteiger partial charge is 0.326 e. The summed E-state index contributed by atoms with van der Waals surface area (Å²) in [5, 5.41) is 11.7. The van der Waals surface area contributed by atoms with Crippen molar-refractivity contribution in [3.05, 3.63) is 107 Å². The average Bonchev–Trinajstić information content (AvgIpc) is 3.69. The summed E-state index contributed by atoms with van der Waals surface area (Å²) < 4.78 is 65.3. The number of rotatable bonds is 9. The quantitative estimate of drug-likeness (QED) is 0.261. The van der Waals surface area contributed by atoms with E-state index in [9.17, 15) is 26.4 Å². The maximum absolute atomic E-state index is 13.6. The fraction of sp³-hybridized carbons (Fsp3) is 0.241. The fourth-order valence-corrected chi connectivity index (χ4v) is 5.39. The molecule has 3 aromatic carbocycles. The molecule has 0 bridgehead atoms. The van der Waals surface area contributed by atoms with E-state index >= 15 is 0 Å². The zero-order valence-electron chi connectivity index (χ0n) is 22.5.